The number of hydrogen-bond acceptors (Lipinski definition) is 3. The van der Waals surface area contributed by atoms with Gasteiger partial charge in [0.25, 0.3) is 0 Å². The molecule has 0 heterocycles. The van der Waals surface area contributed by atoms with Crippen molar-refractivity contribution in [2.75, 3.05) is 21.2 Å². The van der Waals surface area contributed by atoms with Gasteiger partial charge in [-0.1, -0.05) is 26.0 Å². The Hall–Kier alpha value is -1.55. The van der Waals surface area contributed by atoms with Gasteiger partial charge in [0.1, 0.15) is 5.75 Å². The summed E-state index contributed by atoms with van der Waals surface area (Å²) in [4.78, 5) is 13.1. The van der Waals surface area contributed by atoms with Crippen LogP contribution < -0.4 is 4.74 Å². The minimum absolute atomic E-state index is 0.0127. The molecule has 1 N–H and O–H groups in total. The van der Waals surface area contributed by atoms with Gasteiger partial charge in [0.05, 0.1) is 13.5 Å². The van der Waals surface area contributed by atoms with Gasteiger partial charge < -0.3 is 14.7 Å². The first-order valence-corrected chi connectivity index (χ1v) is 6.30. The van der Waals surface area contributed by atoms with E-state index in [2.05, 4.69) is 4.90 Å². The number of carbonyl (C=O) groups is 1. The van der Waals surface area contributed by atoms with Crippen LogP contribution in [0.1, 0.15) is 31.9 Å². The fourth-order valence-electron chi connectivity index (χ4n) is 2.75. The molecule has 0 radical (unpaired) electrons. The fraction of sp³-hybridized carbons (Fsp3) is 0.533. The lowest BCUT2D eigenvalue weighted by Crippen LogP contribution is -2.35. The van der Waals surface area contributed by atoms with Crippen molar-refractivity contribution in [2.45, 2.75) is 26.3 Å². The van der Waals surface area contributed by atoms with E-state index in [1.54, 1.807) is 7.11 Å². The van der Waals surface area contributed by atoms with Crippen molar-refractivity contribution < 1.29 is 14.6 Å². The van der Waals surface area contributed by atoms with E-state index >= 15 is 0 Å². The van der Waals surface area contributed by atoms with Crippen LogP contribution in [0.25, 0.3) is 0 Å². The van der Waals surface area contributed by atoms with E-state index in [4.69, 9.17) is 9.84 Å². The largest absolute Gasteiger partial charge is 0.497 e. The van der Waals surface area contributed by atoms with Crippen LogP contribution in [-0.2, 0) is 4.79 Å². The lowest BCUT2D eigenvalue weighted by atomic mass is 9.77. The highest BCUT2D eigenvalue weighted by Gasteiger charge is 2.34. The fourth-order valence-corrected chi connectivity index (χ4v) is 2.75. The van der Waals surface area contributed by atoms with Crippen molar-refractivity contribution in [3.63, 3.8) is 0 Å². The normalized spacial score (nSPS) is 13.4. The molecular formula is C15H23NO3. The first kappa shape index (κ1) is 15.5. The number of hydrogen-bond donors (Lipinski definition) is 1. The van der Waals surface area contributed by atoms with Crippen LogP contribution in [0.3, 0.4) is 0 Å². The Morgan fingerprint density at radius 3 is 2.53 bits per heavy atom. The quantitative estimate of drug-likeness (QED) is 0.859. The van der Waals surface area contributed by atoms with Gasteiger partial charge in [-0.25, -0.2) is 0 Å². The van der Waals surface area contributed by atoms with Crippen molar-refractivity contribution in [1.82, 2.24) is 4.90 Å². The molecule has 106 valence electrons. The zero-order chi connectivity index (χ0) is 14.6. The molecule has 0 saturated heterocycles. The predicted molar refractivity (Wildman–Crippen MR) is 75.5 cm³/mol. The standard InChI is InChI=1S/C15H23NO3/c1-15(2,10-13(17)18)14(16(3)4)11-7-6-8-12(9-11)19-5/h6-9,14H,10H2,1-5H3,(H,17,18). The summed E-state index contributed by atoms with van der Waals surface area (Å²) in [6.45, 7) is 3.95. The van der Waals surface area contributed by atoms with Crippen molar-refractivity contribution in [1.29, 1.82) is 0 Å². The molecule has 0 amide bonds. The third-order valence-corrected chi connectivity index (χ3v) is 3.27. The Bertz CT molecular complexity index is 441. The number of aliphatic carboxylic acids is 1. The zero-order valence-electron chi connectivity index (χ0n) is 12.3. The topological polar surface area (TPSA) is 49.8 Å². The molecule has 0 aromatic heterocycles. The van der Waals surface area contributed by atoms with Crippen LogP contribution in [0.4, 0.5) is 0 Å². The molecule has 0 bridgehead atoms. The third-order valence-electron chi connectivity index (χ3n) is 3.27. The second-order valence-corrected chi connectivity index (χ2v) is 5.70. The van der Waals surface area contributed by atoms with E-state index in [-0.39, 0.29) is 17.9 Å². The first-order valence-electron chi connectivity index (χ1n) is 6.30. The predicted octanol–water partition coefficient (Wildman–Crippen LogP) is 2.80. The second-order valence-electron chi connectivity index (χ2n) is 5.70. The third kappa shape index (κ3) is 3.96. The number of benzene rings is 1. The monoisotopic (exact) mass is 265 g/mol. The maximum atomic E-state index is 11.1. The number of nitrogens with zero attached hydrogens (tertiary/aromatic N) is 1. The van der Waals surface area contributed by atoms with E-state index in [1.165, 1.54) is 0 Å². The Labute approximate surface area is 115 Å². The van der Waals surface area contributed by atoms with Crippen LogP contribution >= 0.6 is 0 Å². The molecule has 0 spiro atoms. The summed E-state index contributed by atoms with van der Waals surface area (Å²) < 4.78 is 5.24. The van der Waals surface area contributed by atoms with E-state index < -0.39 is 5.97 Å². The van der Waals surface area contributed by atoms with Gasteiger partial charge in [-0.05, 0) is 37.2 Å². The highest BCUT2D eigenvalue weighted by molar-refractivity contribution is 5.67. The molecule has 19 heavy (non-hydrogen) atoms. The molecule has 0 aliphatic rings. The Morgan fingerprint density at radius 1 is 1.42 bits per heavy atom. The highest BCUT2D eigenvalue weighted by Crippen LogP contribution is 2.40. The summed E-state index contributed by atoms with van der Waals surface area (Å²) in [5.41, 5.74) is 0.692. The summed E-state index contributed by atoms with van der Waals surface area (Å²) in [7, 11) is 5.56. The minimum Gasteiger partial charge on any atom is -0.497 e. The summed E-state index contributed by atoms with van der Waals surface area (Å²) in [6, 6.07) is 7.81. The highest BCUT2D eigenvalue weighted by atomic mass is 16.5. The average Bonchev–Trinajstić information content (AvgIpc) is 2.26. The summed E-state index contributed by atoms with van der Waals surface area (Å²) >= 11 is 0. The molecule has 0 fully saturated rings. The van der Waals surface area contributed by atoms with Crippen LogP contribution in [0.15, 0.2) is 24.3 Å². The summed E-state index contributed by atoms with van der Waals surface area (Å²) in [5, 5.41) is 9.08. The molecule has 1 atom stereocenters. The molecule has 4 heteroatoms. The number of ether oxygens (including phenoxy) is 1. The van der Waals surface area contributed by atoms with Gasteiger partial charge in [-0.2, -0.15) is 0 Å². The number of rotatable bonds is 6. The molecule has 0 aliphatic heterocycles. The van der Waals surface area contributed by atoms with Crippen LogP contribution in [-0.4, -0.2) is 37.2 Å². The van der Waals surface area contributed by atoms with Crippen molar-refractivity contribution in [3.8, 4) is 5.75 Å². The molecule has 1 aromatic rings. The zero-order valence-corrected chi connectivity index (χ0v) is 12.3. The van der Waals surface area contributed by atoms with Gasteiger partial charge in [0, 0.05) is 6.04 Å². The smallest absolute Gasteiger partial charge is 0.303 e. The maximum absolute atomic E-state index is 11.1. The number of carboxylic acid groups (broad SMARTS) is 1. The lowest BCUT2D eigenvalue weighted by molar-refractivity contribution is -0.140. The average molecular weight is 265 g/mol. The summed E-state index contributed by atoms with van der Waals surface area (Å²) in [5.74, 6) is 0.00946. The van der Waals surface area contributed by atoms with Gasteiger partial charge >= 0.3 is 5.97 Å². The minimum atomic E-state index is -0.778. The van der Waals surface area contributed by atoms with Crippen LogP contribution in [0.5, 0.6) is 5.75 Å². The lowest BCUT2D eigenvalue weighted by Gasteiger charge is -2.38. The van der Waals surface area contributed by atoms with Crippen LogP contribution in [0.2, 0.25) is 0 Å². The van der Waals surface area contributed by atoms with Gasteiger partial charge in [-0.15, -0.1) is 0 Å². The first-order chi connectivity index (χ1) is 8.77. The number of methoxy groups -OCH3 is 1. The Kier molecular flexibility index (Phi) is 4.95. The second kappa shape index (κ2) is 6.06. The molecule has 1 aromatic carbocycles. The molecular weight excluding hydrogens is 242 g/mol. The van der Waals surface area contributed by atoms with Crippen LogP contribution in [0, 0.1) is 5.41 Å². The molecule has 0 aliphatic carbocycles. The van der Waals surface area contributed by atoms with E-state index in [1.807, 2.05) is 52.2 Å². The van der Waals surface area contributed by atoms with Gasteiger partial charge in [0.15, 0.2) is 0 Å². The molecule has 1 rings (SSSR count). The Morgan fingerprint density at radius 2 is 2.05 bits per heavy atom. The Balaban J connectivity index is 3.16. The molecule has 1 unspecified atom stereocenters. The molecule has 4 nitrogen and oxygen atoms in total. The van der Waals surface area contributed by atoms with Crippen molar-refractivity contribution in [2.24, 2.45) is 5.41 Å². The van der Waals surface area contributed by atoms with E-state index in [0.29, 0.717) is 0 Å². The van der Waals surface area contributed by atoms with Crippen molar-refractivity contribution >= 4 is 5.97 Å². The van der Waals surface area contributed by atoms with Gasteiger partial charge in [0.2, 0.25) is 0 Å². The van der Waals surface area contributed by atoms with Crippen molar-refractivity contribution in [3.05, 3.63) is 29.8 Å². The number of carboxylic acids is 1. The maximum Gasteiger partial charge on any atom is 0.303 e. The van der Waals surface area contributed by atoms with Gasteiger partial charge in [-0.3, -0.25) is 4.79 Å². The summed E-state index contributed by atoms with van der Waals surface area (Å²) in [6.07, 6.45) is 0.118. The van der Waals surface area contributed by atoms with E-state index in [0.717, 1.165) is 11.3 Å². The van der Waals surface area contributed by atoms with E-state index in [9.17, 15) is 4.79 Å². The molecule has 0 saturated carbocycles. The SMILES string of the molecule is COc1cccc(C(N(C)C)C(C)(C)CC(=O)O)c1.